The van der Waals surface area contributed by atoms with E-state index in [1.807, 2.05) is 0 Å². The van der Waals surface area contributed by atoms with Crippen molar-refractivity contribution in [2.24, 2.45) is 0 Å². The minimum absolute atomic E-state index is 0. The second kappa shape index (κ2) is 18.2. The van der Waals surface area contributed by atoms with Gasteiger partial charge in [0.05, 0.1) is 0 Å². The van der Waals surface area contributed by atoms with Crippen molar-refractivity contribution >= 4 is 57.8 Å². The van der Waals surface area contributed by atoms with Crippen molar-refractivity contribution in [2.45, 2.75) is 0 Å². The van der Waals surface area contributed by atoms with Crippen LogP contribution in [0.2, 0.25) is 0 Å². The predicted molar refractivity (Wildman–Crippen MR) is 133 cm³/mol. The monoisotopic (exact) mass is 646 g/mol. The third kappa shape index (κ3) is 12.4. The van der Waals surface area contributed by atoms with Gasteiger partial charge in [-0.3, -0.25) is 0 Å². The van der Waals surface area contributed by atoms with E-state index in [0.717, 1.165) is 17.2 Å². The van der Waals surface area contributed by atoms with Crippen molar-refractivity contribution in [3.8, 4) is 0 Å². The average Bonchev–Trinajstić information content (AvgIpc) is 2.78. The Morgan fingerprint density at radius 1 is 0.400 bits per heavy atom. The molecule has 4 aromatic carbocycles. The Morgan fingerprint density at radius 3 is 0.733 bits per heavy atom. The SMILES string of the molecule is [Cl][Ru][Cl].[Ru].c1ccc(Pc2ccccc2)cc1.c1ccc(Pc2ccccc2)cc1. The van der Waals surface area contributed by atoms with E-state index >= 15 is 0 Å². The van der Waals surface area contributed by atoms with Gasteiger partial charge in [-0.05, 0) is 21.2 Å². The summed E-state index contributed by atoms with van der Waals surface area (Å²) in [7, 11) is 11.3. The topological polar surface area (TPSA) is 0 Å². The van der Waals surface area contributed by atoms with Crippen molar-refractivity contribution in [3.63, 3.8) is 0 Å². The molecule has 0 saturated carbocycles. The Morgan fingerprint density at radius 2 is 0.567 bits per heavy atom. The van der Waals surface area contributed by atoms with Gasteiger partial charge in [0.15, 0.2) is 0 Å². The van der Waals surface area contributed by atoms with Crippen LogP contribution in [0, 0.1) is 0 Å². The summed E-state index contributed by atoms with van der Waals surface area (Å²) in [4.78, 5) is 0. The van der Waals surface area contributed by atoms with Crippen molar-refractivity contribution in [1.29, 1.82) is 0 Å². The molecule has 0 bridgehead atoms. The summed E-state index contributed by atoms with van der Waals surface area (Å²) in [5, 5.41) is 5.59. The molecule has 0 aromatic heterocycles. The minimum atomic E-state index is -0.346. The summed E-state index contributed by atoms with van der Waals surface area (Å²) < 4.78 is 0. The molecule has 0 nitrogen and oxygen atoms in total. The first-order chi connectivity index (χ1) is 14.3. The first-order valence-electron chi connectivity index (χ1n) is 8.91. The molecule has 0 aliphatic carbocycles. The molecule has 0 aliphatic rings. The first kappa shape index (κ1) is 27.6. The van der Waals surface area contributed by atoms with Crippen LogP contribution < -0.4 is 21.2 Å². The molecule has 0 saturated heterocycles. The zero-order chi connectivity index (χ0) is 20.6. The summed E-state index contributed by atoms with van der Waals surface area (Å²) in [6.45, 7) is 0. The van der Waals surface area contributed by atoms with Crippen molar-refractivity contribution in [1.82, 2.24) is 0 Å². The van der Waals surface area contributed by atoms with Crippen LogP contribution in [0.1, 0.15) is 0 Å². The summed E-state index contributed by atoms with van der Waals surface area (Å²) in [5.41, 5.74) is 0. The van der Waals surface area contributed by atoms with Crippen LogP contribution in [-0.4, -0.2) is 0 Å². The Bertz CT molecular complexity index is 745. The smallest absolute Gasteiger partial charge is 0 e. The van der Waals surface area contributed by atoms with Gasteiger partial charge in [-0.1, -0.05) is 138 Å². The molecule has 0 amide bonds. The normalized spacial score (nSPS) is 9.27. The van der Waals surface area contributed by atoms with Crippen LogP contribution in [0.3, 0.4) is 0 Å². The van der Waals surface area contributed by atoms with Gasteiger partial charge in [0.25, 0.3) is 0 Å². The van der Waals surface area contributed by atoms with Crippen LogP contribution in [0.25, 0.3) is 0 Å². The van der Waals surface area contributed by atoms with Gasteiger partial charge < -0.3 is 0 Å². The molecule has 4 rings (SSSR count). The number of rotatable bonds is 4. The molecule has 0 heterocycles. The van der Waals surface area contributed by atoms with Gasteiger partial charge in [0.1, 0.15) is 0 Å². The molecule has 0 unspecified atom stereocenters. The van der Waals surface area contributed by atoms with Gasteiger partial charge in [-0.25, -0.2) is 0 Å². The largest absolute Gasteiger partial charge is 0.0622 e. The van der Waals surface area contributed by atoms with Crippen molar-refractivity contribution < 1.29 is 34.6 Å². The molecule has 4 aromatic rings. The van der Waals surface area contributed by atoms with Gasteiger partial charge in [-0.15, -0.1) is 0 Å². The molecule has 0 spiro atoms. The van der Waals surface area contributed by atoms with Gasteiger partial charge in [-0.2, -0.15) is 0 Å². The minimum Gasteiger partial charge on any atom is -0.0622 e. The van der Waals surface area contributed by atoms with Gasteiger partial charge >= 0.3 is 34.5 Å². The van der Waals surface area contributed by atoms with E-state index in [9.17, 15) is 0 Å². The molecule has 6 heteroatoms. The molecule has 0 radical (unpaired) electrons. The van der Waals surface area contributed by atoms with Crippen LogP contribution in [0.5, 0.6) is 0 Å². The molecule has 0 fully saturated rings. The zero-order valence-corrected chi connectivity index (χ0v) is 23.0. The van der Waals surface area contributed by atoms with Crippen molar-refractivity contribution in [2.75, 3.05) is 0 Å². The fourth-order valence-corrected chi connectivity index (χ4v) is 4.52. The Hall–Kier alpha value is -0.433. The number of halogens is 2. The van der Waals surface area contributed by atoms with E-state index in [4.69, 9.17) is 19.4 Å². The second-order valence-electron chi connectivity index (χ2n) is 5.76. The van der Waals surface area contributed by atoms with Crippen LogP contribution in [-0.2, 0) is 34.6 Å². The zero-order valence-electron chi connectivity index (χ0n) is 16.0. The second-order valence-corrected chi connectivity index (χ2v) is 11.2. The van der Waals surface area contributed by atoms with E-state index in [1.165, 1.54) is 21.2 Å². The van der Waals surface area contributed by atoms with E-state index < -0.39 is 0 Å². The number of hydrogen-bond acceptors (Lipinski definition) is 0. The van der Waals surface area contributed by atoms with Gasteiger partial charge in [0.2, 0.25) is 0 Å². The Kier molecular flexibility index (Phi) is 16.7. The summed E-state index contributed by atoms with van der Waals surface area (Å²) in [5.74, 6) is 0. The Labute approximate surface area is 212 Å². The molecule has 0 aliphatic heterocycles. The summed E-state index contributed by atoms with van der Waals surface area (Å²) in [6.07, 6.45) is 0. The molecule has 0 atom stereocenters. The van der Waals surface area contributed by atoms with E-state index in [-0.39, 0.29) is 34.6 Å². The average molecular weight is 645 g/mol. The fraction of sp³-hybridized carbons (Fsp3) is 0. The molecule has 158 valence electrons. The van der Waals surface area contributed by atoms with Crippen LogP contribution in [0.15, 0.2) is 121 Å². The van der Waals surface area contributed by atoms with E-state index in [1.54, 1.807) is 0 Å². The first-order valence-corrected chi connectivity index (χ1v) is 15.4. The van der Waals surface area contributed by atoms with Gasteiger partial charge in [0, 0.05) is 19.5 Å². The predicted octanol–water partition coefficient (Wildman–Crippen LogP) is 6.01. The van der Waals surface area contributed by atoms with Crippen LogP contribution >= 0.6 is 36.5 Å². The fourth-order valence-electron chi connectivity index (χ4n) is 2.42. The molecular formula is C24H22Cl2P2Ru2. The van der Waals surface area contributed by atoms with E-state index in [2.05, 4.69) is 121 Å². The third-order valence-corrected chi connectivity index (χ3v) is 6.16. The maximum atomic E-state index is 4.85. The number of hydrogen-bond donors (Lipinski definition) is 0. The molecule has 30 heavy (non-hydrogen) atoms. The van der Waals surface area contributed by atoms with E-state index in [0.29, 0.717) is 0 Å². The number of benzene rings is 4. The molecule has 0 N–H and O–H groups in total. The quantitative estimate of drug-likeness (QED) is 0.189. The summed E-state index contributed by atoms with van der Waals surface area (Å²) in [6, 6.07) is 42.3. The van der Waals surface area contributed by atoms with Crippen LogP contribution in [0.4, 0.5) is 0 Å². The Balaban J connectivity index is 0.000000258. The maximum Gasteiger partial charge on any atom is 0 e. The summed E-state index contributed by atoms with van der Waals surface area (Å²) >= 11 is -0.346. The molecular weight excluding hydrogens is 623 g/mol. The third-order valence-electron chi connectivity index (χ3n) is 3.67. The maximum absolute atomic E-state index is 4.85. The van der Waals surface area contributed by atoms with Crippen molar-refractivity contribution in [3.05, 3.63) is 121 Å². The standard InChI is InChI=1S/2C12H11P.2ClH.2Ru/c2*1-3-7-11(8-4-1)13-12-9-5-2-6-10-12;;;;/h2*1-10,13H;2*1H;;/q;;;;;+2/p-2.